The average molecular weight is 460 g/mol. The predicted octanol–water partition coefficient (Wildman–Crippen LogP) is 2.51. The fraction of sp³-hybridized carbons (Fsp3) is 0.435. The van der Waals surface area contributed by atoms with Gasteiger partial charge in [-0.05, 0) is 61.7 Å². The number of nitrogens with two attached hydrogens (primary N) is 1. The van der Waals surface area contributed by atoms with E-state index in [0.717, 1.165) is 48.4 Å². The van der Waals surface area contributed by atoms with Crippen LogP contribution in [0, 0.1) is 0 Å². The molecule has 172 valence electrons. The van der Waals surface area contributed by atoms with Gasteiger partial charge >= 0.3 is 0 Å². The lowest BCUT2D eigenvalue weighted by Gasteiger charge is -2.26. The van der Waals surface area contributed by atoms with Crippen molar-refractivity contribution >= 4 is 15.9 Å². The minimum Gasteiger partial charge on any atom is -0.490 e. The maximum Gasteiger partial charge on any atom is 0.238 e. The number of sulfonamides is 1. The van der Waals surface area contributed by atoms with Crippen molar-refractivity contribution in [2.75, 3.05) is 26.3 Å². The minimum atomic E-state index is -3.74. The van der Waals surface area contributed by atoms with Gasteiger partial charge < -0.3 is 14.8 Å². The Bertz CT molecular complexity index is 1070. The van der Waals surface area contributed by atoms with Gasteiger partial charge in [0.25, 0.3) is 0 Å². The molecule has 4 rings (SSSR count). The fourth-order valence-electron chi connectivity index (χ4n) is 4.28. The van der Waals surface area contributed by atoms with Gasteiger partial charge in [0.2, 0.25) is 15.9 Å². The van der Waals surface area contributed by atoms with Crippen molar-refractivity contribution in [3.63, 3.8) is 0 Å². The van der Waals surface area contributed by atoms with Crippen LogP contribution >= 0.6 is 0 Å². The van der Waals surface area contributed by atoms with Crippen LogP contribution in [0.4, 0.5) is 0 Å². The lowest BCUT2D eigenvalue weighted by molar-refractivity contribution is -0.123. The molecule has 0 bridgehead atoms. The Balaban J connectivity index is 1.39. The van der Waals surface area contributed by atoms with Gasteiger partial charge in [0.1, 0.15) is 0 Å². The van der Waals surface area contributed by atoms with Crippen molar-refractivity contribution in [2.24, 2.45) is 5.14 Å². The van der Waals surface area contributed by atoms with Crippen molar-refractivity contribution in [1.29, 1.82) is 0 Å². The summed E-state index contributed by atoms with van der Waals surface area (Å²) in [5, 5.41) is 8.15. The van der Waals surface area contributed by atoms with E-state index in [4.69, 9.17) is 14.6 Å². The second-order valence-corrected chi connectivity index (χ2v) is 9.85. The van der Waals surface area contributed by atoms with E-state index >= 15 is 0 Å². The van der Waals surface area contributed by atoms with Gasteiger partial charge in [-0.3, -0.25) is 9.69 Å². The topological polar surface area (TPSA) is 111 Å². The highest BCUT2D eigenvalue weighted by atomic mass is 32.2. The number of primary sulfonamides is 1. The molecule has 0 saturated carbocycles. The first-order chi connectivity index (χ1) is 15.3. The van der Waals surface area contributed by atoms with Gasteiger partial charge in [-0.1, -0.05) is 18.2 Å². The van der Waals surface area contributed by atoms with Crippen LogP contribution in [0.5, 0.6) is 11.5 Å². The predicted molar refractivity (Wildman–Crippen MR) is 120 cm³/mol. The van der Waals surface area contributed by atoms with Gasteiger partial charge in [0.15, 0.2) is 11.5 Å². The summed E-state index contributed by atoms with van der Waals surface area (Å²) >= 11 is 0. The lowest BCUT2D eigenvalue weighted by Crippen LogP contribution is -2.38. The number of rotatable bonds is 6. The maximum atomic E-state index is 12.8. The van der Waals surface area contributed by atoms with E-state index in [1.54, 1.807) is 12.1 Å². The summed E-state index contributed by atoms with van der Waals surface area (Å²) < 4.78 is 34.4. The molecule has 9 heteroatoms. The molecule has 1 amide bonds. The Hall–Kier alpha value is -2.62. The molecule has 2 atom stereocenters. The summed E-state index contributed by atoms with van der Waals surface area (Å²) in [4.78, 5) is 15.0. The van der Waals surface area contributed by atoms with E-state index < -0.39 is 10.0 Å². The number of nitrogens with one attached hydrogen (secondary N) is 1. The number of ether oxygens (including phenoxy) is 2. The molecule has 8 nitrogen and oxygen atoms in total. The van der Waals surface area contributed by atoms with Gasteiger partial charge in [-0.15, -0.1) is 0 Å². The summed E-state index contributed by atoms with van der Waals surface area (Å²) in [5.41, 5.74) is 1.94. The Morgan fingerprint density at radius 2 is 1.84 bits per heavy atom. The quantitative estimate of drug-likeness (QED) is 0.687. The molecule has 2 aromatic rings. The average Bonchev–Trinajstić information content (AvgIpc) is 3.08. The molecule has 2 aromatic carbocycles. The zero-order valence-electron chi connectivity index (χ0n) is 18.1. The highest BCUT2D eigenvalue weighted by molar-refractivity contribution is 7.89. The van der Waals surface area contributed by atoms with Crippen LogP contribution in [0.1, 0.15) is 49.4 Å². The van der Waals surface area contributed by atoms with Gasteiger partial charge in [-0.25, -0.2) is 13.6 Å². The van der Waals surface area contributed by atoms with Gasteiger partial charge in [0, 0.05) is 12.5 Å². The molecule has 0 radical (unpaired) electrons. The third-order valence-corrected chi connectivity index (χ3v) is 6.88. The number of nitrogens with zero attached hydrogens (tertiary/aromatic N) is 1. The van der Waals surface area contributed by atoms with E-state index in [0.29, 0.717) is 19.8 Å². The van der Waals surface area contributed by atoms with Crippen molar-refractivity contribution in [1.82, 2.24) is 10.2 Å². The summed E-state index contributed by atoms with van der Waals surface area (Å²) in [6, 6.07) is 12.2. The largest absolute Gasteiger partial charge is 0.490 e. The summed E-state index contributed by atoms with van der Waals surface area (Å²) in [5.74, 6) is 1.47. The number of hydrogen-bond acceptors (Lipinski definition) is 6. The van der Waals surface area contributed by atoms with Crippen LogP contribution in [-0.2, 0) is 14.8 Å². The molecular formula is C23H29N3O5S. The molecule has 2 aliphatic heterocycles. The SMILES string of the molecule is C[C@H](NC(=O)CN1CCC[C@@H]1c1ccc2c(c1)OCCCO2)c1ccc(S(N)(=O)=O)cc1. The number of hydrogen-bond donors (Lipinski definition) is 2. The lowest BCUT2D eigenvalue weighted by atomic mass is 10.0. The smallest absolute Gasteiger partial charge is 0.238 e. The maximum absolute atomic E-state index is 12.8. The van der Waals surface area contributed by atoms with Gasteiger partial charge in [0.05, 0.1) is 30.7 Å². The zero-order chi connectivity index (χ0) is 22.7. The highest BCUT2D eigenvalue weighted by Crippen LogP contribution is 2.37. The Morgan fingerprint density at radius 1 is 1.12 bits per heavy atom. The highest BCUT2D eigenvalue weighted by Gasteiger charge is 2.29. The summed E-state index contributed by atoms with van der Waals surface area (Å²) in [6.07, 6.45) is 2.87. The fourth-order valence-corrected chi connectivity index (χ4v) is 4.80. The third-order valence-electron chi connectivity index (χ3n) is 5.95. The van der Waals surface area contributed by atoms with Crippen LogP contribution < -0.4 is 19.9 Å². The molecular weight excluding hydrogens is 430 g/mol. The first-order valence-corrected chi connectivity index (χ1v) is 12.4. The molecule has 0 aromatic heterocycles. The molecule has 0 unspecified atom stereocenters. The van der Waals surface area contributed by atoms with E-state index in [1.165, 1.54) is 12.1 Å². The molecule has 2 heterocycles. The van der Waals surface area contributed by atoms with E-state index in [1.807, 2.05) is 19.1 Å². The molecule has 32 heavy (non-hydrogen) atoms. The Labute approximate surface area is 188 Å². The number of carbonyl (C=O) groups is 1. The van der Waals surface area contributed by atoms with Crippen LogP contribution in [-0.4, -0.2) is 45.5 Å². The van der Waals surface area contributed by atoms with Crippen molar-refractivity contribution in [3.8, 4) is 11.5 Å². The second kappa shape index (κ2) is 9.48. The number of amides is 1. The molecule has 2 aliphatic rings. The van der Waals surface area contributed by atoms with Crippen LogP contribution in [0.2, 0.25) is 0 Å². The standard InChI is InChI=1S/C23H29N3O5S/c1-16(17-5-8-19(9-6-17)32(24,28)29)25-23(27)15-26-11-2-4-20(26)18-7-10-21-22(14-18)31-13-3-12-30-21/h5-10,14,16,20H,2-4,11-13,15H2,1H3,(H,25,27)(H2,24,28,29)/t16-,20+/m0/s1. The number of benzene rings is 2. The van der Waals surface area contributed by atoms with E-state index in [9.17, 15) is 13.2 Å². The molecule has 1 saturated heterocycles. The zero-order valence-corrected chi connectivity index (χ0v) is 18.9. The number of fused-ring (bicyclic) bond motifs is 1. The van der Waals surface area contributed by atoms with Crippen molar-refractivity contribution in [3.05, 3.63) is 53.6 Å². The van der Waals surface area contributed by atoms with Crippen LogP contribution in [0.25, 0.3) is 0 Å². The van der Waals surface area contributed by atoms with Crippen LogP contribution in [0.3, 0.4) is 0 Å². The second-order valence-electron chi connectivity index (χ2n) is 8.29. The first-order valence-electron chi connectivity index (χ1n) is 10.9. The number of carbonyl (C=O) groups excluding carboxylic acids is 1. The summed E-state index contributed by atoms with van der Waals surface area (Å²) in [6.45, 7) is 4.31. The van der Waals surface area contributed by atoms with Crippen molar-refractivity contribution in [2.45, 2.75) is 43.2 Å². The van der Waals surface area contributed by atoms with E-state index in [2.05, 4.69) is 16.3 Å². The minimum absolute atomic E-state index is 0.0508. The van der Waals surface area contributed by atoms with Gasteiger partial charge in [-0.2, -0.15) is 0 Å². The Kier molecular flexibility index (Phi) is 6.68. The first kappa shape index (κ1) is 22.6. The Morgan fingerprint density at radius 3 is 2.56 bits per heavy atom. The molecule has 0 aliphatic carbocycles. The van der Waals surface area contributed by atoms with Crippen LogP contribution in [0.15, 0.2) is 47.4 Å². The molecule has 1 fully saturated rings. The molecule has 3 N–H and O–H groups in total. The van der Waals surface area contributed by atoms with E-state index in [-0.39, 0.29) is 22.9 Å². The molecule has 0 spiro atoms. The summed E-state index contributed by atoms with van der Waals surface area (Å²) in [7, 11) is -3.74. The third kappa shape index (κ3) is 5.23. The van der Waals surface area contributed by atoms with Crippen molar-refractivity contribution < 1.29 is 22.7 Å². The number of likely N-dealkylation sites (tertiary alicyclic amines) is 1. The normalized spacial score (nSPS) is 19.9. The monoisotopic (exact) mass is 459 g/mol.